The fourth-order valence-electron chi connectivity index (χ4n) is 1.86. The van der Waals surface area contributed by atoms with E-state index in [1.165, 1.54) is 25.7 Å². The molecule has 3 nitrogen and oxygen atoms in total. The molecule has 0 aromatic rings. The summed E-state index contributed by atoms with van der Waals surface area (Å²) in [5, 5.41) is 3.61. The Morgan fingerprint density at radius 1 is 1.18 bits per heavy atom. The minimum Gasteiger partial charge on any atom is -0.385 e. The van der Waals surface area contributed by atoms with E-state index in [0.717, 1.165) is 11.8 Å². The van der Waals surface area contributed by atoms with E-state index in [0.29, 0.717) is 11.8 Å². The average Bonchev–Trinajstić information content (AvgIpc) is 2.81. The maximum Gasteiger partial charge on any atom is 0.123 e. The molecule has 2 aliphatic rings. The molecule has 0 saturated heterocycles. The Kier molecular flexibility index (Phi) is 1.51. The Balaban J connectivity index is 2.02. The van der Waals surface area contributed by atoms with Gasteiger partial charge in [0.2, 0.25) is 0 Å². The SMILES string of the molecule is N/N=C(\N)C(C1CC1)C1CC1. The van der Waals surface area contributed by atoms with Gasteiger partial charge in [0.1, 0.15) is 5.84 Å². The monoisotopic (exact) mass is 153 g/mol. The quantitative estimate of drug-likeness (QED) is 0.271. The molecule has 2 aliphatic carbocycles. The van der Waals surface area contributed by atoms with E-state index in [9.17, 15) is 0 Å². The van der Waals surface area contributed by atoms with Crippen molar-refractivity contribution in [2.75, 3.05) is 0 Å². The van der Waals surface area contributed by atoms with Gasteiger partial charge in [-0.25, -0.2) is 0 Å². The summed E-state index contributed by atoms with van der Waals surface area (Å²) in [5.41, 5.74) is 5.72. The van der Waals surface area contributed by atoms with Crippen molar-refractivity contribution in [3.63, 3.8) is 0 Å². The maximum atomic E-state index is 5.72. The highest BCUT2D eigenvalue weighted by atomic mass is 15.2. The normalized spacial score (nSPS) is 26.1. The third kappa shape index (κ3) is 1.32. The van der Waals surface area contributed by atoms with Crippen molar-refractivity contribution < 1.29 is 0 Å². The predicted octanol–water partition coefficient (Wildman–Crippen LogP) is 0.653. The predicted molar refractivity (Wildman–Crippen MR) is 44.7 cm³/mol. The van der Waals surface area contributed by atoms with Crippen LogP contribution in [-0.4, -0.2) is 5.84 Å². The van der Waals surface area contributed by atoms with Crippen molar-refractivity contribution in [1.29, 1.82) is 0 Å². The summed E-state index contributed by atoms with van der Waals surface area (Å²) in [6.07, 6.45) is 5.32. The number of hydrazone groups is 1. The first-order valence-corrected chi connectivity index (χ1v) is 4.36. The van der Waals surface area contributed by atoms with Crippen molar-refractivity contribution in [1.82, 2.24) is 0 Å². The number of rotatable bonds is 3. The number of nitrogens with zero attached hydrogens (tertiary/aromatic N) is 1. The van der Waals surface area contributed by atoms with Gasteiger partial charge in [-0.1, -0.05) is 0 Å². The topological polar surface area (TPSA) is 64.4 Å². The first-order chi connectivity index (χ1) is 5.33. The van der Waals surface area contributed by atoms with Crippen molar-refractivity contribution in [2.45, 2.75) is 25.7 Å². The third-order valence-corrected chi connectivity index (χ3v) is 2.75. The van der Waals surface area contributed by atoms with E-state index >= 15 is 0 Å². The van der Waals surface area contributed by atoms with Crippen molar-refractivity contribution >= 4 is 5.84 Å². The second-order valence-electron chi connectivity index (χ2n) is 3.75. The summed E-state index contributed by atoms with van der Waals surface area (Å²) in [5.74, 6) is 8.01. The standard InChI is InChI=1S/C8H15N3/c9-8(11-10)7(5-1-2-5)6-3-4-6/h5-7H,1-4,10H2,(H2,9,11). The lowest BCUT2D eigenvalue weighted by Crippen LogP contribution is -2.28. The molecule has 0 heterocycles. The van der Waals surface area contributed by atoms with Gasteiger partial charge in [0.05, 0.1) is 0 Å². The van der Waals surface area contributed by atoms with Gasteiger partial charge in [0.25, 0.3) is 0 Å². The lowest BCUT2D eigenvalue weighted by Gasteiger charge is -2.12. The lowest BCUT2D eigenvalue weighted by molar-refractivity contribution is 0.529. The Bertz CT molecular complexity index is 168. The minimum atomic E-state index is 0.528. The van der Waals surface area contributed by atoms with Crippen LogP contribution in [0.15, 0.2) is 5.10 Å². The highest BCUT2D eigenvalue weighted by Crippen LogP contribution is 2.49. The molecule has 2 fully saturated rings. The van der Waals surface area contributed by atoms with E-state index in [4.69, 9.17) is 11.6 Å². The van der Waals surface area contributed by atoms with Gasteiger partial charge in [0.15, 0.2) is 0 Å². The number of nitrogens with two attached hydrogens (primary N) is 2. The molecular weight excluding hydrogens is 138 g/mol. The van der Waals surface area contributed by atoms with Crippen LogP contribution in [0.3, 0.4) is 0 Å². The van der Waals surface area contributed by atoms with Crippen molar-refractivity contribution in [3.05, 3.63) is 0 Å². The van der Waals surface area contributed by atoms with Crippen LogP contribution in [-0.2, 0) is 0 Å². The number of amidine groups is 1. The van der Waals surface area contributed by atoms with Gasteiger partial charge in [0, 0.05) is 5.92 Å². The molecule has 0 amide bonds. The van der Waals surface area contributed by atoms with Crippen LogP contribution in [0.2, 0.25) is 0 Å². The molecule has 2 saturated carbocycles. The van der Waals surface area contributed by atoms with Crippen LogP contribution in [0.25, 0.3) is 0 Å². The minimum absolute atomic E-state index is 0.528. The zero-order chi connectivity index (χ0) is 7.84. The Morgan fingerprint density at radius 2 is 1.64 bits per heavy atom. The van der Waals surface area contributed by atoms with E-state index in [1.807, 2.05) is 0 Å². The molecule has 0 aliphatic heterocycles. The van der Waals surface area contributed by atoms with Crippen LogP contribution in [0, 0.1) is 17.8 Å². The average molecular weight is 153 g/mol. The van der Waals surface area contributed by atoms with E-state index < -0.39 is 0 Å². The Morgan fingerprint density at radius 3 is 1.91 bits per heavy atom. The zero-order valence-electron chi connectivity index (χ0n) is 6.66. The van der Waals surface area contributed by atoms with E-state index in [-0.39, 0.29) is 0 Å². The fraction of sp³-hybridized carbons (Fsp3) is 0.875. The molecule has 11 heavy (non-hydrogen) atoms. The molecule has 0 atom stereocenters. The van der Waals surface area contributed by atoms with Gasteiger partial charge < -0.3 is 11.6 Å². The first kappa shape index (κ1) is 6.95. The second-order valence-corrected chi connectivity index (χ2v) is 3.75. The number of hydrogen-bond donors (Lipinski definition) is 2. The molecular formula is C8H15N3. The highest BCUT2D eigenvalue weighted by Gasteiger charge is 2.43. The van der Waals surface area contributed by atoms with Crippen molar-refractivity contribution in [2.24, 2.45) is 34.4 Å². The molecule has 0 unspecified atom stereocenters. The Hall–Kier alpha value is -0.730. The summed E-state index contributed by atoms with van der Waals surface area (Å²) < 4.78 is 0. The van der Waals surface area contributed by atoms with E-state index in [1.54, 1.807) is 0 Å². The zero-order valence-corrected chi connectivity index (χ0v) is 6.66. The first-order valence-electron chi connectivity index (χ1n) is 4.36. The smallest absolute Gasteiger partial charge is 0.123 e. The second kappa shape index (κ2) is 2.40. The molecule has 0 radical (unpaired) electrons. The number of hydrogen-bond acceptors (Lipinski definition) is 2. The molecule has 0 bridgehead atoms. The Labute approximate surface area is 66.8 Å². The van der Waals surface area contributed by atoms with Gasteiger partial charge >= 0.3 is 0 Å². The summed E-state index contributed by atoms with van der Waals surface area (Å²) in [6, 6.07) is 0. The molecule has 4 N–H and O–H groups in total. The van der Waals surface area contributed by atoms with Gasteiger partial charge in [-0.15, -0.1) is 0 Å². The van der Waals surface area contributed by atoms with Gasteiger partial charge in [-0.05, 0) is 37.5 Å². The lowest BCUT2D eigenvalue weighted by atomic mass is 9.97. The largest absolute Gasteiger partial charge is 0.385 e. The molecule has 0 aromatic carbocycles. The fourth-order valence-corrected chi connectivity index (χ4v) is 1.86. The van der Waals surface area contributed by atoms with Crippen molar-refractivity contribution in [3.8, 4) is 0 Å². The summed E-state index contributed by atoms with van der Waals surface area (Å²) in [7, 11) is 0. The van der Waals surface area contributed by atoms with Crippen LogP contribution >= 0.6 is 0 Å². The third-order valence-electron chi connectivity index (χ3n) is 2.75. The summed E-state index contributed by atoms with van der Waals surface area (Å²) >= 11 is 0. The van der Waals surface area contributed by atoms with E-state index in [2.05, 4.69) is 5.10 Å². The van der Waals surface area contributed by atoms with Gasteiger partial charge in [-0.3, -0.25) is 0 Å². The summed E-state index contributed by atoms with van der Waals surface area (Å²) in [6.45, 7) is 0. The van der Waals surface area contributed by atoms with Crippen LogP contribution in [0.5, 0.6) is 0 Å². The van der Waals surface area contributed by atoms with Crippen LogP contribution < -0.4 is 11.6 Å². The molecule has 3 heteroatoms. The van der Waals surface area contributed by atoms with Crippen LogP contribution in [0.4, 0.5) is 0 Å². The molecule has 0 spiro atoms. The highest BCUT2D eigenvalue weighted by molar-refractivity contribution is 5.83. The molecule has 2 rings (SSSR count). The van der Waals surface area contributed by atoms with Gasteiger partial charge in [-0.2, -0.15) is 5.10 Å². The molecule has 0 aromatic heterocycles. The summed E-state index contributed by atoms with van der Waals surface area (Å²) in [4.78, 5) is 0. The maximum absolute atomic E-state index is 5.72. The van der Waals surface area contributed by atoms with Crippen LogP contribution in [0.1, 0.15) is 25.7 Å². The molecule has 62 valence electrons.